The van der Waals surface area contributed by atoms with Gasteiger partial charge < -0.3 is 26.7 Å². The highest BCUT2D eigenvalue weighted by Gasteiger charge is 2.29. The van der Waals surface area contributed by atoms with Crippen LogP contribution >= 0.6 is 11.6 Å². The van der Waals surface area contributed by atoms with E-state index in [1.165, 1.54) is 54.7 Å². The second-order valence-electron chi connectivity index (χ2n) is 14.4. The number of nitrogens with one attached hydrogen (secondary N) is 4. The first-order chi connectivity index (χ1) is 29.8. The molecule has 0 amide bonds. The number of hydrogen-bond acceptors (Lipinski definition) is 16. The summed E-state index contributed by atoms with van der Waals surface area (Å²) >= 11 is 6.02. The lowest BCUT2D eigenvalue weighted by atomic mass is 10.2. The van der Waals surface area contributed by atoms with Crippen LogP contribution in [0.1, 0.15) is 42.4 Å². The summed E-state index contributed by atoms with van der Waals surface area (Å²) in [5.74, 6) is 1.31. The Labute approximate surface area is 366 Å². The first kappa shape index (κ1) is 44.2. The van der Waals surface area contributed by atoms with Gasteiger partial charge in [0.2, 0.25) is 31.3 Å². The fourth-order valence-electron chi connectivity index (χ4n) is 5.91. The van der Waals surface area contributed by atoms with Crippen molar-refractivity contribution in [2.24, 2.45) is 10.3 Å². The number of benzene rings is 3. The molecule has 0 radical (unpaired) electrons. The second kappa shape index (κ2) is 17.5. The number of anilines is 5. The first-order valence-electron chi connectivity index (χ1n) is 18.8. The molecule has 0 bridgehead atoms. The fourth-order valence-corrected chi connectivity index (χ4v) is 8.41. The molecule has 2 saturated carbocycles. The summed E-state index contributed by atoms with van der Waals surface area (Å²) in [6.45, 7) is 1.87. The zero-order valence-corrected chi connectivity index (χ0v) is 36.2. The van der Waals surface area contributed by atoms with Crippen LogP contribution in [0.2, 0.25) is 5.28 Å². The molecule has 9 rings (SSSR count). The number of sulfonamides is 2. The molecule has 3 aromatic carbocycles. The minimum absolute atomic E-state index is 0.0264. The number of aryl methyl sites for hydroxylation is 1. The van der Waals surface area contributed by atoms with Crippen LogP contribution in [0.15, 0.2) is 99.9 Å². The summed E-state index contributed by atoms with van der Waals surface area (Å²) in [5.41, 5.74) is 8.69. The van der Waals surface area contributed by atoms with Crippen LogP contribution in [0.4, 0.5) is 29.0 Å². The van der Waals surface area contributed by atoms with Crippen LogP contribution in [-0.2, 0) is 30.1 Å². The molecule has 0 atom stereocenters. The quantitative estimate of drug-likeness (QED) is 0.0716. The van der Waals surface area contributed by atoms with E-state index in [1.54, 1.807) is 30.5 Å². The molecule has 7 aromatic rings. The highest BCUT2D eigenvalue weighted by atomic mass is 35.5. The monoisotopic (exact) mass is 928 g/mol. The maximum atomic E-state index is 13.1. The number of hydrogen-bond donors (Lipinski definition) is 7. The normalized spacial score (nSPS) is 13.7. The maximum Gasteiger partial charge on any atom is 0.269 e. The Morgan fingerprint density at radius 1 is 0.714 bits per heavy atom. The molecular weight excluding hydrogens is 892 g/mol. The van der Waals surface area contributed by atoms with Gasteiger partial charge in [0, 0.05) is 35.9 Å². The SMILES string of the molecule is Cc1ccc(S(=O)(=O)n2cc(C#N)c3c(NC4CC4)nc(Cl)nc32)cc1.N#Cc1c[nH]c2nc(Nc3ccc(S(N)(=O)=O)cc3)nc(NC3CC3)c12.Nc1ccc(S(N)(=O)=O)cc1. The summed E-state index contributed by atoms with van der Waals surface area (Å²) in [5, 5.41) is 39.2. The van der Waals surface area contributed by atoms with E-state index >= 15 is 0 Å². The lowest BCUT2D eigenvalue weighted by molar-refractivity contribution is 0.588. The molecule has 24 heteroatoms. The van der Waals surface area contributed by atoms with Crippen molar-refractivity contribution in [1.82, 2.24) is 28.9 Å². The zero-order valence-electron chi connectivity index (χ0n) is 33.0. The number of nitrogens with two attached hydrogens (primary N) is 3. The van der Waals surface area contributed by atoms with Crippen molar-refractivity contribution < 1.29 is 25.3 Å². The smallest absolute Gasteiger partial charge is 0.269 e. The average molecular weight is 929 g/mol. The molecule has 2 aliphatic carbocycles. The number of nitriles is 2. The Morgan fingerprint density at radius 2 is 1.24 bits per heavy atom. The van der Waals surface area contributed by atoms with E-state index < -0.39 is 30.1 Å². The van der Waals surface area contributed by atoms with Crippen molar-refractivity contribution in [3.05, 3.63) is 107 Å². The first-order valence-corrected chi connectivity index (χ1v) is 23.7. The number of nitrogens with zero attached hydrogens (tertiary/aromatic N) is 7. The summed E-state index contributed by atoms with van der Waals surface area (Å²) in [6.07, 6.45) is 6.98. The van der Waals surface area contributed by atoms with Crippen LogP contribution in [0.5, 0.6) is 0 Å². The number of fused-ring (bicyclic) bond motifs is 2. The Bertz CT molecular complexity index is 3290. The molecule has 324 valence electrons. The summed E-state index contributed by atoms with van der Waals surface area (Å²) in [6, 6.07) is 22.9. The number of aromatic nitrogens is 6. The van der Waals surface area contributed by atoms with Crippen molar-refractivity contribution in [3.63, 3.8) is 0 Å². The molecule has 0 aliphatic heterocycles. The second-order valence-corrected chi connectivity index (χ2v) is 19.7. The van der Waals surface area contributed by atoms with Crippen molar-refractivity contribution in [1.29, 1.82) is 10.5 Å². The molecular formula is C39H37ClN14O6S3. The number of H-pyrrole nitrogens is 1. The molecule has 10 N–H and O–H groups in total. The van der Waals surface area contributed by atoms with Crippen molar-refractivity contribution in [2.45, 2.75) is 59.4 Å². The predicted octanol–water partition coefficient (Wildman–Crippen LogP) is 4.79. The molecule has 4 aromatic heterocycles. The molecule has 0 unspecified atom stereocenters. The Kier molecular flexibility index (Phi) is 12.3. The van der Waals surface area contributed by atoms with E-state index in [1.807, 2.05) is 13.0 Å². The molecule has 2 aliphatic rings. The minimum atomic E-state index is -3.93. The summed E-state index contributed by atoms with van der Waals surface area (Å²) in [4.78, 5) is 20.3. The summed E-state index contributed by atoms with van der Waals surface area (Å²) in [7, 11) is -11.2. The van der Waals surface area contributed by atoms with Gasteiger partial charge in [-0.3, -0.25) is 0 Å². The number of rotatable bonds is 10. The van der Waals surface area contributed by atoms with Crippen LogP contribution in [-0.4, -0.2) is 66.2 Å². The van der Waals surface area contributed by atoms with Crippen molar-refractivity contribution in [3.8, 4) is 12.1 Å². The number of nitrogen functional groups attached to an aromatic ring is 1. The van der Waals surface area contributed by atoms with Crippen molar-refractivity contribution >= 4 is 92.7 Å². The van der Waals surface area contributed by atoms with E-state index in [-0.39, 0.29) is 37.2 Å². The maximum absolute atomic E-state index is 13.1. The third-order valence-electron chi connectivity index (χ3n) is 9.42. The van der Waals surface area contributed by atoms with Crippen LogP contribution in [0, 0.1) is 29.6 Å². The molecule has 0 saturated heterocycles. The Balaban J connectivity index is 0.000000153. The lowest BCUT2D eigenvalue weighted by Gasteiger charge is -2.10. The van der Waals surface area contributed by atoms with Crippen LogP contribution in [0.25, 0.3) is 22.1 Å². The molecule has 4 heterocycles. The zero-order chi connectivity index (χ0) is 45.3. The fraction of sp³-hybridized carbons (Fsp3) is 0.179. The van der Waals surface area contributed by atoms with Gasteiger partial charge in [-0.25, -0.2) is 39.5 Å². The third kappa shape index (κ3) is 10.4. The predicted molar refractivity (Wildman–Crippen MR) is 236 cm³/mol. The van der Waals surface area contributed by atoms with Gasteiger partial charge in [-0.1, -0.05) is 17.7 Å². The van der Waals surface area contributed by atoms with Gasteiger partial charge in [0.1, 0.15) is 29.4 Å². The van der Waals surface area contributed by atoms with Crippen molar-refractivity contribution in [2.75, 3.05) is 21.7 Å². The van der Waals surface area contributed by atoms with Crippen LogP contribution in [0.3, 0.4) is 0 Å². The Morgan fingerprint density at radius 3 is 1.76 bits per heavy atom. The average Bonchev–Trinajstić information content (AvgIpc) is 4.15. The van der Waals surface area contributed by atoms with Gasteiger partial charge >= 0.3 is 0 Å². The van der Waals surface area contributed by atoms with Gasteiger partial charge in [0.25, 0.3) is 10.0 Å². The van der Waals surface area contributed by atoms with Gasteiger partial charge in [-0.2, -0.15) is 30.5 Å². The van der Waals surface area contributed by atoms with Gasteiger partial charge in [-0.05, 0) is 105 Å². The molecule has 0 spiro atoms. The Hall–Kier alpha value is -6.86. The topological polar surface area (TPSA) is 336 Å². The molecule has 63 heavy (non-hydrogen) atoms. The number of halogens is 1. The van der Waals surface area contributed by atoms with E-state index in [2.05, 4.69) is 46.9 Å². The standard InChI is InChI=1S/C17H14ClN5O2S.C16H15N7O2S.C6H8N2O2S/c1-10-2-6-13(7-3-10)26(24,25)23-9-11(8-19)14-15(20-12-4-5-12)21-17(18)22-16(14)23;17-7-9-8-19-14-13(9)15(20-10-1-2-10)23-16(22-14)21-11-3-5-12(6-4-11)26(18,24)25;7-5-1-3-6(4-2-5)11(8,9)10/h2-3,6-7,9,12H,4-5H2,1H3,(H,20,21,22);3-6,8,10H,1-2H2,(H2,18,24,25)(H3,19,20,21,22,23);1-4H,7H2,(H2,8,9,10). The summed E-state index contributed by atoms with van der Waals surface area (Å²) < 4.78 is 71.2. The number of primary sulfonamides is 2. The third-order valence-corrected chi connectivity index (χ3v) is 13.1. The highest BCUT2D eigenvalue weighted by Crippen LogP contribution is 2.34. The molecule has 2 fully saturated rings. The van der Waals surface area contributed by atoms with E-state index in [4.69, 9.17) is 27.6 Å². The van der Waals surface area contributed by atoms with E-state index in [9.17, 15) is 35.8 Å². The number of aromatic amines is 1. The highest BCUT2D eigenvalue weighted by molar-refractivity contribution is 7.90. The van der Waals surface area contributed by atoms with Crippen LogP contribution < -0.4 is 32.0 Å². The molecule has 20 nitrogen and oxygen atoms in total. The van der Waals surface area contributed by atoms with Gasteiger partial charge in [-0.15, -0.1) is 0 Å². The van der Waals surface area contributed by atoms with E-state index in [0.717, 1.165) is 35.2 Å². The minimum Gasteiger partial charge on any atom is -0.399 e. The largest absolute Gasteiger partial charge is 0.399 e. The van der Waals surface area contributed by atoms with Gasteiger partial charge in [0.15, 0.2) is 5.65 Å². The van der Waals surface area contributed by atoms with Gasteiger partial charge in [0.05, 0.1) is 36.6 Å². The lowest BCUT2D eigenvalue weighted by Crippen LogP contribution is -2.13. The van der Waals surface area contributed by atoms with E-state index in [0.29, 0.717) is 57.0 Å².